The largest absolute Gasteiger partial charge is 0.454 e. The van der Waals surface area contributed by atoms with Crippen LogP contribution < -0.4 is 4.90 Å². The van der Waals surface area contributed by atoms with Gasteiger partial charge in [0.2, 0.25) is 11.8 Å². The number of benzene rings is 4. The maximum Gasteiger partial charge on any atom is 0.339 e. The van der Waals surface area contributed by atoms with Gasteiger partial charge in [-0.05, 0) is 59.9 Å². The average Bonchev–Trinajstić information content (AvgIpc) is 3.36. The number of hydrogen-bond acceptors (Lipinski definition) is 6. The van der Waals surface area contributed by atoms with Crippen molar-refractivity contribution in [2.24, 2.45) is 17.8 Å². The molecule has 232 valence electrons. The summed E-state index contributed by atoms with van der Waals surface area (Å²) in [5.41, 5.74) is 5.00. The van der Waals surface area contributed by atoms with Crippen LogP contribution in [0.3, 0.4) is 0 Å². The van der Waals surface area contributed by atoms with Crippen molar-refractivity contribution in [3.8, 4) is 22.4 Å². The van der Waals surface area contributed by atoms with Gasteiger partial charge in [0, 0.05) is 21.0 Å². The lowest BCUT2D eigenvalue weighted by atomic mass is 9.78. The van der Waals surface area contributed by atoms with Crippen molar-refractivity contribution in [1.82, 2.24) is 4.98 Å². The third kappa shape index (κ3) is 5.81. The van der Waals surface area contributed by atoms with Gasteiger partial charge in [-0.1, -0.05) is 102 Å². The number of anilines is 1. The summed E-state index contributed by atoms with van der Waals surface area (Å²) in [4.78, 5) is 59.0. The van der Waals surface area contributed by atoms with Crippen LogP contribution in [0.25, 0.3) is 33.3 Å². The number of carbonyl (C=O) groups is 4. The molecule has 47 heavy (non-hydrogen) atoms. The molecule has 2 heterocycles. The highest BCUT2D eigenvalue weighted by Gasteiger charge is 2.50. The number of fused-ring (bicyclic) bond motifs is 2. The molecule has 1 aromatic heterocycles. The molecule has 0 N–H and O–H groups in total. The fraction of sp³-hybridized carbons (Fsp3) is 0.154. The zero-order chi connectivity index (χ0) is 32.7. The van der Waals surface area contributed by atoms with E-state index in [-0.39, 0.29) is 40.9 Å². The minimum absolute atomic E-state index is 0.00460. The predicted molar refractivity (Wildman–Crippen MR) is 184 cm³/mol. The van der Waals surface area contributed by atoms with E-state index in [1.807, 2.05) is 67.6 Å². The van der Waals surface area contributed by atoms with Gasteiger partial charge in [0.15, 0.2) is 12.4 Å². The van der Waals surface area contributed by atoms with E-state index in [2.05, 4.69) is 15.9 Å². The van der Waals surface area contributed by atoms with Gasteiger partial charge in [0.05, 0.1) is 34.3 Å². The van der Waals surface area contributed by atoms with E-state index >= 15 is 0 Å². The van der Waals surface area contributed by atoms with Crippen LogP contribution in [-0.2, 0) is 14.3 Å². The number of esters is 1. The molecule has 7 rings (SSSR count). The van der Waals surface area contributed by atoms with Crippen molar-refractivity contribution in [3.63, 3.8) is 0 Å². The molecule has 1 aliphatic carbocycles. The summed E-state index contributed by atoms with van der Waals surface area (Å²) in [6, 6.07) is 31.1. The molecule has 0 saturated carbocycles. The molecule has 1 aliphatic heterocycles. The van der Waals surface area contributed by atoms with E-state index in [4.69, 9.17) is 9.72 Å². The van der Waals surface area contributed by atoms with Gasteiger partial charge in [0.25, 0.3) is 0 Å². The number of hydrogen-bond donors (Lipinski definition) is 0. The Morgan fingerprint density at radius 3 is 2.28 bits per heavy atom. The Morgan fingerprint density at radius 1 is 0.851 bits per heavy atom. The van der Waals surface area contributed by atoms with Gasteiger partial charge in [-0.25, -0.2) is 9.78 Å². The first-order chi connectivity index (χ1) is 22.8. The van der Waals surface area contributed by atoms with Crippen molar-refractivity contribution >= 4 is 56.1 Å². The Bertz CT molecular complexity index is 2070. The van der Waals surface area contributed by atoms with E-state index in [1.54, 1.807) is 54.6 Å². The SMILES string of the molecule is CC1C=CCC2C(=O)N(c3ccc(-c4cc(C(=O)OCC(=O)c5ccc(-c6ccccc6)cc5)c5cc(Br)ccc5n4)cc3)C(=O)C12. The summed E-state index contributed by atoms with van der Waals surface area (Å²) in [6.07, 6.45) is 4.55. The molecule has 0 spiro atoms. The van der Waals surface area contributed by atoms with Gasteiger partial charge in [-0.2, -0.15) is 0 Å². The van der Waals surface area contributed by atoms with Crippen molar-refractivity contribution in [1.29, 1.82) is 0 Å². The molecule has 0 radical (unpaired) electrons. The van der Waals surface area contributed by atoms with Crippen LogP contribution in [0.5, 0.6) is 0 Å². The normalized spacial score (nSPS) is 18.8. The number of carbonyl (C=O) groups excluding carboxylic acids is 4. The second kappa shape index (κ2) is 12.5. The first-order valence-electron chi connectivity index (χ1n) is 15.4. The van der Waals surface area contributed by atoms with Crippen LogP contribution in [0, 0.1) is 17.8 Å². The van der Waals surface area contributed by atoms with Gasteiger partial charge in [-0.15, -0.1) is 0 Å². The summed E-state index contributed by atoms with van der Waals surface area (Å²) < 4.78 is 6.31. The quantitative estimate of drug-likeness (QED) is 0.0745. The van der Waals surface area contributed by atoms with Crippen LogP contribution in [0.2, 0.25) is 0 Å². The van der Waals surface area contributed by atoms with E-state index in [0.717, 1.165) is 15.6 Å². The third-order valence-corrected chi connectivity index (χ3v) is 9.43. The van der Waals surface area contributed by atoms with Crippen molar-refractivity contribution in [2.45, 2.75) is 13.3 Å². The van der Waals surface area contributed by atoms with Gasteiger partial charge < -0.3 is 4.74 Å². The molecule has 2 aliphatic rings. The fourth-order valence-electron chi connectivity index (χ4n) is 6.47. The summed E-state index contributed by atoms with van der Waals surface area (Å²) >= 11 is 3.47. The zero-order valence-corrected chi connectivity index (χ0v) is 27.0. The lowest BCUT2D eigenvalue weighted by molar-refractivity contribution is -0.122. The maximum atomic E-state index is 13.5. The molecule has 4 aromatic carbocycles. The monoisotopic (exact) mass is 684 g/mol. The average molecular weight is 686 g/mol. The number of ether oxygens (including phenoxy) is 1. The topological polar surface area (TPSA) is 93.6 Å². The number of allylic oxidation sites excluding steroid dienone is 2. The Kier molecular flexibility index (Phi) is 8.12. The number of amides is 2. The number of pyridine rings is 1. The predicted octanol–water partition coefficient (Wildman–Crippen LogP) is 8.07. The molecule has 5 aromatic rings. The lowest BCUT2D eigenvalue weighted by Crippen LogP contribution is -2.31. The minimum atomic E-state index is -0.652. The number of aromatic nitrogens is 1. The summed E-state index contributed by atoms with van der Waals surface area (Å²) in [7, 11) is 0. The number of Topliss-reactive ketones (excluding diaryl/α,β-unsaturated/α-hetero) is 1. The highest BCUT2D eigenvalue weighted by Crippen LogP contribution is 2.41. The molecule has 3 unspecified atom stereocenters. The van der Waals surface area contributed by atoms with Gasteiger partial charge >= 0.3 is 5.97 Å². The van der Waals surface area contributed by atoms with Crippen molar-refractivity contribution in [3.05, 3.63) is 131 Å². The fourth-order valence-corrected chi connectivity index (χ4v) is 6.83. The highest BCUT2D eigenvalue weighted by atomic mass is 79.9. The second-order valence-corrected chi connectivity index (χ2v) is 12.8. The molecular weight excluding hydrogens is 656 g/mol. The Morgan fingerprint density at radius 2 is 1.55 bits per heavy atom. The zero-order valence-electron chi connectivity index (χ0n) is 25.4. The molecule has 3 atom stereocenters. The van der Waals surface area contributed by atoms with E-state index in [1.165, 1.54) is 4.90 Å². The molecule has 1 saturated heterocycles. The number of ketones is 1. The number of halogens is 1. The van der Waals surface area contributed by atoms with E-state index in [0.29, 0.717) is 39.8 Å². The molecular formula is C39H29BrN2O5. The summed E-state index contributed by atoms with van der Waals surface area (Å²) in [6.45, 7) is 1.55. The molecule has 7 nitrogen and oxygen atoms in total. The Balaban J connectivity index is 1.12. The van der Waals surface area contributed by atoms with E-state index in [9.17, 15) is 19.2 Å². The van der Waals surface area contributed by atoms with Gasteiger partial charge in [0.1, 0.15) is 0 Å². The van der Waals surface area contributed by atoms with E-state index < -0.39 is 12.6 Å². The Labute approximate surface area is 280 Å². The number of rotatable bonds is 7. The first-order valence-corrected chi connectivity index (χ1v) is 16.2. The molecule has 2 amide bonds. The summed E-state index contributed by atoms with van der Waals surface area (Å²) in [5.74, 6) is -1.99. The highest BCUT2D eigenvalue weighted by molar-refractivity contribution is 9.10. The van der Waals surface area contributed by atoms with Crippen molar-refractivity contribution < 1.29 is 23.9 Å². The van der Waals surface area contributed by atoms with Crippen LogP contribution in [0.1, 0.15) is 34.1 Å². The Hall–Kier alpha value is -5.21. The molecule has 8 heteroatoms. The standard InChI is InChI=1S/C39H29BrN2O5/c1-23-6-5-9-30-36(23)38(45)42(37(30)44)29-17-14-26(15-18-29)34-21-32(31-20-28(40)16-19-33(31)41-34)39(46)47-22-35(43)27-12-10-25(11-13-27)24-7-3-2-4-8-24/h2-8,10-21,23,30,36H,9,22H2,1H3. The summed E-state index contributed by atoms with van der Waals surface area (Å²) in [5, 5.41) is 0.572. The first kappa shape index (κ1) is 30.4. The lowest BCUT2D eigenvalue weighted by Gasteiger charge is -2.22. The smallest absolute Gasteiger partial charge is 0.339 e. The molecule has 1 fully saturated rings. The minimum Gasteiger partial charge on any atom is -0.454 e. The van der Waals surface area contributed by atoms with Crippen LogP contribution in [0.15, 0.2) is 120 Å². The van der Waals surface area contributed by atoms with Crippen LogP contribution >= 0.6 is 15.9 Å². The van der Waals surface area contributed by atoms with Crippen LogP contribution in [0.4, 0.5) is 5.69 Å². The number of imide groups is 1. The molecule has 0 bridgehead atoms. The van der Waals surface area contributed by atoms with Crippen molar-refractivity contribution in [2.75, 3.05) is 11.5 Å². The number of nitrogens with zero attached hydrogens (tertiary/aromatic N) is 2. The van der Waals surface area contributed by atoms with Gasteiger partial charge in [-0.3, -0.25) is 19.3 Å². The maximum absolute atomic E-state index is 13.5. The third-order valence-electron chi connectivity index (χ3n) is 8.93. The van der Waals surface area contributed by atoms with Crippen LogP contribution in [-0.4, -0.2) is 35.2 Å². The second-order valence-electron chi connectivity index (χ2n) is 11.9.